The quantitative estimate of drug-likeness (QED) is 0.403. The zero-order valence-electron chi connectivity index (χ0n) is 19.4. The molecule has 0 bridgehead atoms. The SMILES string of the molecule is COc1nc(N)nc2c1n(CCC(F)(F)F)c(=O)n2[C@@H]1O[C@H](C(OC(C)=O)C(F)(F)F)C[C@H]1OC(C)=O. The van der Waals surface area contributed by atoms with Crippen molar-refractivity contribution in [2.24, 2.45) is 0 Å². The molecule has 0 saturated carbocycles. The number of hydrogen-bond donors (Lipinski definition) is 1. The molecule has 0 aromatic carbocycles. The number of fused-ring (bicyclic) bond motifs is 1. The van der Waals surface area contributed by atoms with Crippen LogP contribution in [-0.4, -0.2) is 68.8 Å². The molecule has 3 rings (SSSR count). The Morgan fingerprint density at radius 1 is 1.16 bits per heavy atom. The molecule has 2 aromatic heterocycles. The summed E-state index contributed by atoms with van der Waals surface area (Å²) in [5.74, 6) is -3.13. The first-order chi connectivity index (χ1) is 17.0. The van der Waals surface area contributed by atoms with Crippen LogP contribution in [0.25, 0.3) is 11.2 Å². The van der Waals surface area contributed by atoms with Gasteiger partial charge in [-0.1, -0.05) is 0 Å². The highest BCUT2D eigenvalue weighted by Crippen LogP contribution is 2.40. The van der Waals surface area contributed by atoms with E-state index in [0.29, 0.717) is 9.13 Å². The number of nitrogens with zero attached hydrogens (tertiary/aromatic N) is 4. The van der Waals surface area contributed by atoms with Crippen molar-refractivity contribution in [2.75, 3.05) is 12.8 Å². The molecule has 12 nitrogen and oxygen atoms in total. The maximum Gasteiger partial charge on any atom is 0.428 e. The second-order valence-electron chi connectivity index (χ2n) is 7.95. The Hall–Kier alpha value is -3.57. The van der Waals surface area contributed by atoms with Crippen molar-refractivity contribution in [3.63, 3.8) is 0 Å². The number of methoxy groups -OCH3 is 1. The third-order valence-electron chi connectivity index (χ3n) is 5.22. The van der Waals surface area contributed by atoms with Gasteiger partial charge in [-0.25, -0.2) is 9.36 Å². The normalized spacial score (nSPS) is 21.2. The lowest BCUT2D eigenvalue weighted by molar-refractivity contribution is -0.248. The first-order valence-electron chi connectivity index (χ1n) is 10.5. The fourth-order valence-electron chi connectivity index (χ4n) is 3.92. The van der Waals surface area contributed by atoms with Crippen LogP contribution in [0.15, 0.2) is 4.79 Å². The van der Waals surface area contributed by atoms with E-state index in [-0.39, 0.29) is 5.52 Å². The number of rotatable bonds is 7. The maximum atomic E-state index is 13.7. The Balaban J connectivity index is 2.20. The molecule has 2 N–H and O–H groups in total. The van der Waals surface area contributed by atoms with Crippen molar-refractivity contribution >= 4 is 29.1 Å². The Bertz CT molecular complexity index is 1240. The maximum absolute atomic E-state index is 13.7. The monoisotopic (exact) mass is 545 g/mol. The van der Waals surface area contributed by atoms with Gasteiger partial charge in [-0.3, -0.25) is 14.2 Å². The minimum absolute atomic E-state index is 0.355. The molecule has 3 heterocycles. The summed E-state index contributed by atoms with van der Waals surface area (Å²) in [4.78, 5) is 43.9. The number of nitrogens with two attached hydrogens (primary N) is 1. The van der Waals surface area contributed by atoms with Crippen LogP contribution in [0.5, 0.6) is 5.88 Å². The van der Waals surface area contributed by atoms with Crippen molar-refractivity contribution in [3.05, 3.63) is 10.5 Å². The molecule has 1 aliphatic rings. The molecule has 0 radical (unpaired) electrons. The molecule has 0 spiro atoms. The summed E-state index contributed by atoms with van der Waals surface area (Å²) < 4.78 is 101. The number of carbonyl (C=O) groups excluding carboxylic acids is 2. The van der Waals surface area contributed by atoms with E-state index >= 15 is 0 Å². The molecule has 1 aliphatic heterocycles. The number of esters is 2. The van der Waals surface area contributed by atoms with Crippen LogP contribution in [-0.2, 0) is 30.3 Å². The molecule has 1 saturated heterocycles. The van der Waals surface area contributed by atoms with Crippen molar-refractivity contribution in [1.82, 2.24) is 19.1 Å². The van der Waals surface area contributed by atoms with Gasteiger partial charge in [-0.15, -0.1) is 0 Å². The molecule has 18 heteroatoms. The Kier molecular flexibility index (Phi) is 7.62. The predicted molar refractivity (Wildman–Crippen MR) is 109 cm³/mol. The minimum Gasteiger partial charge on any atom is -0.479 e. The van der Waals surface area contributed by atoms with Gasteiger partial charge in [0.05, 0.1) is 13.5 Å². The zero-order chi connectivity index (χ0) is 27.9. The topological polar surface area (TPSA) is 150 Å². The van der Waals surface area contributed by atoms with E-state index in [9.17, 15) is 40.7 Å². The summed E-state index contributed by atoms with van der Waals surface area (Å²) in [5.41, 5.74) is 3.62. The average molecular weight is 545 g/mol. The highest BCUT2D eigenvalue weighted by molar-refractivity contribution is 5.78. The van der Waals surface area contributed by atoms with Gasteiger partial charge in [-0.2, -0.15) is 36.3 Å². The fraction of sp³-hybridized carbons (Fsp3) is 0.632. The highest BCUT2D eigenvalue weighted by atomic mass is 19.4. The van der Waals surface area contributed by atoms with E-state index in [1.165, 1.54) is 0 Å². The molecular weight excluding hydrogens is 524 g/mol. The van der Waals surface area contributed by atoms with Crippen LogP contribution in [0.4, 0.5) is 32.3 Å². The van der Waals surface area contributed by atoms with E-state index in [2.05, 4.69) is 14.7 Å². The van der Waals surface area contributed by atoms with Crippen LogP contribution >= 0.6 is 0 Å². The number of nitrogen functional groups attached to an aromatic ring is 1. The minimum atomic E-state index is -5.12. The second-order valence-corrected chi connectivity index (χ2v) is 7.95. The molecule has 37 heavy (non-hydrogen) atoms. The summed E-state index contributed by atoms with van der Waals surface area (Å²) in [5, 5.41) is 0. The lowest BCUT2D eigenvalue weighted by Crippen LogP contribution is -2.43. The van der Waals surface area contributed by atoms with Crippen LogP contribution in [0.3, 0.4) is 0 Å². The summed E-state index contributed by atoms with van der Waals surface area (Å²) in [6, 6.07) is 0. The molecule has 206 valence electrons. The number of halogens is 6. The summed E-state index contributed by atoms with van der Waals surface area (Å²) in [6.45, 7) is 0.734. The molecule has 2 aromatic rings. The first kappa shape index (κ1) is 28.0. The summed E-state index contributed by atoms with van der Waals surface area (Å²) >= 11 is 0. The smallest absolute Gasteiger partial charge is 0.428 e. The number of ether oxygens (including phenoxy) is 4. The largest absolute Gasteiger partial charge is 0.479 e. The fourth-order valence-corrected chi connectivity index (χ4v) is 3.92. The van der Waals surface area contributed by atoms with Gasteiger partial charge in [0.25, 0.3) is 0 Å². The lowest BCUT2D eigenvalue weighted by Gasteiger charge is -2.25. The number of hydrogen-bond acceptors (Lipinski definition) is 10. The van der Waals surface area contributed by atoms with Crippen LogP contribution in [0, 0.1) is 0 Å². The second kappa shape index (κ2) is 10.1. The first-order valence-corrected chi connectivity index (χ1v) is 10.5. The van der Waals surface area contributed by atoms with E-state index in [1.807, 2.05) is 0 Å². The molecular formula is C19H21F6N5O7. The Morgan fingerprint density at radius 3 is 2.32 bits per heavy atom. The number of alkyl halides is 6. The van der Waals surface area contributed by atoms with Gasteiger partial charge >= 0.3 is 30.0 Å². The van der Waals surface area contributed by atoms with Crippen LogP contribution in [0.1, 0.15) is 32.9 Å². The summed E-state index contributed by atoms with van der Waals surface area (Å²) in [6.07, 6.45) is -20.1. The van der Waals surface area contributed by atoms with Crippen LogP contribution in [0.2, 0.25) is 0 Å². The van der Waals surface area contributed by atoms with Crippen molar-refractivity contribution < 1.29 is 54.9 Å². The van der Waals surface area contributed by atoms with Crippen molar-refractivity contribution in [1.29, 1.82) is 0 Å². The molecule has 1 fully saturated rings. The van der Waals surface area contributed by atoms with E-state index < -0.39 is 91.4 Å². The van der Waals surface area contributed by atoms with Gasteiger partial charge < -0.3 is 24.7 Å². The average Bonchev–Trinajstić information content (AvgIpc) is 3.25. The molecule has 0 aliphatic carbocycles. The van der Waals surface area contributed by atoms with E-state index in [0.717, 1.165) is 21.0 Å². The van der Waals surface area contributed by atoms with Crippen molar-refractivity contribution in [3.8, 4) is 5.88 Å². The predicted octanol–water partition coefficient (Wildman–Crippen LogP) is 1.85. The van der Waals surface area contributed by atoms with Gasteiger partial charge in [0.15, 0.2) is 17.4 Å². The van der Waals surface area contributed by atoms with Gasteiger partial charge in [0, 0.05) is 26.8 Å². The lowest BCUT2D eigenvalue weighted by atomic mass is 10.1. The highest BCUT2D eigenvalue weighted by Gasteiger charge is 2.54. The van der Waals surface area contributed by atoms with E-state index in [4.69, 9.17) is 19.9 Å². The number of aryl methyl sites for hydroxylation is 1. The number of aromatic nitrogens is 4. The number of carbonyl (C=O) groups is 2. The van der Waals surface area contributed by atoms with Crippen LogP contribution < -0.4 is 16.2 Å². The molecule has 1 unspecified atom stereocenters. The van der Waals surface area contributed by atoms with Gasteiger partial charge in [-0.05, 0) is 0 Å². The number of imidazole rings is 1. The molecule has 4 atom stereocenters. The van der Waals surface area contributed by atoms with E-state index in [1.54, 1.807) is 0 Å². The van der Waals surface area contributed by atoms with Crippen molar-refractivity contribution in [2.45, 2.75) is 70.1 Å². The van der Waals surface area contributed by atoms with Gasteiger partial charge in [0.2, 0.25) is 17.9 Å². The molecule has 0 amide bonds. The summed E-state index contributed by atoms with van der Waals surface area (Å²) in [7, 11) is 1.09. The van der Waals surface area contributed by atoms with Gasteiger partial charge in [0.1, 0.15) is 12.2 Å². The Morgan fingerprint density at radius 2 is 1.81 bits per heavy atom. The third kappa shape index (κ3) is 6.05. The Labute approximate surface area is 203 Å². The number of anilines is 1. The standard InChI is InChI=1S/C19H21F6N5O7/c1-7(31)35-10-6-9(12(19(23,24)25)36-8(2)32)37-15(10)30-13-11(14(34-3)28-16(26)27-13)29(17(30)33)5-4-18(20,21)22/h9-10,12,15H,4-6H2,1-3H3,(H2,26,27,28)/t9-,10+,12?,15+/m0/s1. The third-order valence-corrected chi connectivity index (χ3v) is 5.22. The zero-order valence-corrected chi connectivity index (χ0v) is 19.4.